The third-order valence-corrected chi connectivity index (χ3v) is 9.09. The van der Waals surface area contributed by atoms with Crippen LogP contribution in [0.3, 0.4) is 0 Å². The number of nitrogens with two attached hydrogens (primary N) is 1. The summed E-state index contributed by atoms with van der Waals surface area (Å²) >= 11 is 0. The first-order chi connectivity index (χ1) is 20.7. The van der Waals surface area contributed by atoms with Gasteiger partial charge in [-0.1, -0.05) is 29.8 Å². The molecule has 7 rings (SSSR count). The van der Waals surface area contributed by atoms with Gasteiger partial charge in [0.05, 0.1) is 51.3 Å². The molecule has 3 N–H and O–H groups in total. The van der Waals surface area contributed by atoms with E-state index in [-0.39, 0.29) is 22.0 Å². The van der Waals surface area contributed by atoms with Crippen LogP contribution in [0.2, 0.25) is 0 Å². The van der Waals surface area contributed by atoms with E-state index in [0.29, 0.717) is 16.6 Å². The number of ketones is 1. The first kappa shape index (κ1) is 26.3. The molecule has 0 spiro atoms. The normalized spacial score (nSPS) is 11.9. The highest BCUT2D eigenvalue weighted by Crippen LogP contribution is 2.32. The molecule has 0 saturated carbocycles. The molecule has 0 aliphatic rings. The van der Waals surface area contributed by atoms with E-state index < -0.39 is 15.8 Å². The van der Waals surface area contributed by atoms with Gasteiger partial charge in [-0.05, 0) is 67.9 Å². The van der Waals surface area contributed by atoms with Crippen molar-refractivity contribution in [1.29, 1.82) is 0 Å². The number of rotatable bonds is 6. The Labute approximate surface area is 245 Å². The molecular formula is C31H24N8O3S. The molecule has 0 unspecified atom stereocenters. The summed E-state index contributed by atoms with van der Waals surface area (Å²) in [5.41, 5.74) is 11.4. The number of fused-ring (bicyclic) bond motifs is 2. The lowest BCUT2D eigenvalue weighted by molar-refractivity contribution is 0.103. The zero-order chi connectivity index (χ0) is 29.9. The maximum absolute atomic E-state index is 14.2. The summed E-state index contributed by atoms with van der Waals surface area (Å²) in [6, 6.07) is 20.6. The largest absolute Gasteiger partial charge is 0.383 e. The van der Waals surface area contributed by atoms with Gasteiger partial charge in [-0.25, -0.2) is 22.1 Å². The predicted molar refractivity (Wildman–Crippen MR) is 163 cm³/mol. The molecular weight excluding hydrogens is 564 g/mol. The third kappa shape index (κ3) is 4.35. The first-order valence-electron chi connectivity index (χ1n) is 13.3. The van der Waals surface area contributed by atoms with Gasteiger partial charge in [-0.2, -0.15) is 15.3 Å². The number of nitrogens with one attached hydrogen (secondary N) is 1. The first-order valence-corrected chi connectivity index (χ1v) is 14.7. The van der Waals surface area contributed by atoms with E-state index >= 15 is 0 Å². The number of hydrogen-bond donors (Lipinski definition) is 2. The van der Waals surface area contributed by atoms with Gasteiger partial charge in [0.25, 0.3) is 10.0 Å². The van der Waals surface area contributed by atoms with E-state index in [0.717, 1.165) is 37.5 Å². The Bertz CT molecular complexity index is 2300. The van der Waals surface area contributed by atoms with Gasteiger partial charge in [0.2, 0.25) is 5.78 Å². The lowest BCUT2D eigenvalue weighted by Gasteiger charge is -2.12. The molecule has 0 aliphatic carbocycles. The number of aryl methyl sites for hydroxylation is 2. The molecule has 0 saturated heterocycles. The van der Waals surface area contributed by atoms with E-state index in [1.54, 1.807) is 48.8 Å². The molecule has 0 aliphatic heterocycles. The molecule has 0 radical (unpaired) electrons. The fourth-order valence-electron chi connectivity index (χ4n) is 5.18. The van der Waals surface area contributed by atoms with E-state index in [1.807, 2.05) is 38.1 Å². The van der Waals surface area contributed by atoms with E-state index in [9.17, 15) is 13.2 Å². The molecule has 7 aromatic rings. The minimum absolute atomic E-state index is 0.0481. The predicted octanol–water partition coefficient (Wildman–Crippen LogP) is 4.83. The van der Waals surface area contributed by atoms with E-state index in [2.05, 4.69) is 25.3 Å². The van der Waals surface area contributed by atoms with Crippen LogP contribution in [-0.4, -0.2) is 48.1 Å². The molecule has 4 heterocycles. The number of aromatic nitrogens is 7. The average Bonchev–Trinajstić information content (AvgIpc) is 3.70. The molecule has 0 fully saturated rings. The summed E-state index contributed by atoms with van der Waals surface area (Å²) < 4.78 is 30.9. The van der Waals surface area contributed by atoms with Gasteiger partial charge in [-0.15, -0.1) is 0 Å². The number of carbonyl (C=O) groups excluding carboxylic acids is 1. The average molecular weight is 589 g/mol. The fourth-order valence-corrected chi connectivity index (χ4v) is 6.68. The van der Waals surface area contributed by atoms with Gasteiger partial charge < -0.3 is 10.7 Å². The highest BCUT2D eigenvalue weighted by Gasteiger charge is 2.29. The van der Waals surface area contributed by atoms with Gasteiger partial charge in [0.1, 0.15) is 17.3 Å². The molecule has 0 atom stereocenters. The molecule has 0 amide bonds. The van der Waals surface area contributed by atoms with E-state index in [4.69, 9.17) is 5.73 Å². The van der Waals surface area contributed by atoms with Crippen LogP contribution in [0.15, 0.2) is 96.3 Å². The molecule has 212 valence electrons. The number of carbonyl (C=O) groups is 1. The minimum atomic E-state index is -4.21. The molecule has 3 aromatic carbocycles. The van der Waals surface area contributed by atoms with Crippen molar-refractivity contribution < 1.29 is 13.2 Å². The molecule has 11 nitrogen and oxygen atoms in total. The van der Waals surface area contributed by atoms with Gasteiger partial charge in [-0.3, -0.25) is 4.79 Å². The number of imidazole rings is 1. The summed E-state index contributed by atoms with van der Waals surface area (Å²) in [6.07, 6.45) is 4.50. The Hall–Kier alpha value is -5.62. The lowest BCUT2D eigenvalue weighted by atomic mass is 10.1. The summed E-state index contributed by atoms with van der Waals surface area (Å²) in [4.78, 5) is 21.8. The van der Waals surface area contributed by atoms with Crippen LogP contribution >= 0.6 is 0 Å². The topological polar surface area (TPSA) is 154 Å². The van der Waals surface area contributed by atoms with Gasteiger partial charge in [0.15, 0.2) is 0 Å². The SMILES string of the molecule is Cc1ccc(S(=O)(=O)n2c(C(=O)c3cnn(-c4ccc5[nH]c(C)nc5c4)c3N)cc3ccc(-c4ccnnc4)cc32)cc1. The Morgan fingerprint density at radius 1 is 0.884 bits per heavy atom. The zero-order valence-electron chi connectivity index (χ0n) is 23.1. The van der Waals surface area contributed by atoms with Crippen molar-refractivity contribution in [1.82, 2.24) is 33.9 Å². The Morgan fingerprint density at radius 2 is 1.70 bits per heavy atom. The van der Waals surface area contributed by atoms with Crippen LogP contribution in [0.5, 0.6) is 0 Å². The summed E-state index contributed by atoms with van der Waals surface area (Å²) in [7, 11) is -4.21. The van der Waals surface area contributed by atoms with Crippen molar-refractivity contribution in [2.75, 3.05) is 5.73 Å². The number of H-pyrrole nitrogens is 1. The van der Waals surface area contributed by atoms with Gasteiger partial charge in [0, 0.05) is 10.9 Å². The third-order valence-electron chi connectivity index (χ3n) is 7.35. The molecule has 4 aromatic heterocycles. The lowest BCUT2D eigenvalue weighted by Crippen LogP contribution is -2.19. The Morgan fingerprint density at radius 3 is 2.47 bits per heavy atom. The quantitative estimate of drug-likeness (QED) is 0.262. The van der Waals surface area contributed by atoms with Gasteiger partial charge >= 0.3 is 0 Å². The van der Waals surface area contributed by atoms with Crippen LogP contribution in [0.4, 0.5) is 5.82 Å². The number of nitrogens with zero attached hydrogens (tertiary/aromatic N) is 6. The second kappa shape index (κ2) is 9.74. The van der Waals surface area contributed by atoms with Crippen molar-refractivity contribution in [3.05, 3.63) is 114 Å². The van der Waals surface area contributed by atoms with Crippen LogP contribution in [0.25, 0.3) is 38.8 Å². The number of hydrogen-bond acceptors (Lipinski definition) is 8. The fraction of sp³-hybridized carbons (Fsp3) is 0.0645. The van der Waals surface area contributed by atoms with Crippen molar-refractivity contribution in [2.24, 2.45) is 0 Å². The maximum atomic E-state index is 14.2. The standard InChI is InChI=1S/C31H24N8O3S/c1-18-3-8-24(9-4-18)43(41,42)39-28-13-20(22-11-12-33-34-16-22)5-6-21(28)14-29(39)30(40)25-17-35-38(31(25)32)23-7-10-26-27(15-23)37-19(2)36-26/h3-17H,32H2,1-2H3,(H,36,37). The molecule has 12 heteroatoms. The zero-order valence-corrected chi connectivity index (χ0v) is 23.9. The van der Waals surface area contributed by atoms with E-state index in [1.165, 1.54) is 23.0 Å². The highest BCUT2D eigenvalue weighted by molar-refractivity contribution is 7.90. The number of nitrogen functional groups attached to an aromatic ring is 1. The summed E-state index contributed by atoms with van der Waals surface area (Å²) in [5, 5.41) is 12.7. The minimum Gasteiger partial charge on any atom is -0.383 e. The second-order valence-corrected chi connectivity index (χ2v) is 12.0. The van der Waals surface area contributed by atoms with Crippen molar-refractivity contribution in [2.45, 2.75) is 18.7 Å². The van der Waals surface area contributed by atoms with Crippen LogP contribution < -0.4 is 5.73 Å². The second-order valence-electron chi connectivity index (χ2n) is 10.2. The smallest absolute Gasteiger partial charge is 0.268 e. The monoisotopic (exact) mass is 588 g/mol. The van der Waals surface area contributed by atoms with Crippen LogP contribution in [0, 0.1) is 13.8 Å². The Balaban J connectivity index is 1.40. The van der Waals surface area contributed by atoms with Crippen molar-refractivity contribution in [3.63, 3.8) is 0 Å². The highest BCUT2D eigenvalue weighted by atomic mass is 32.2. The Kier molecular flexibility index (Phi) is 5.95. The summed E-state index contributed by atoms with van der Waals surface area (Å²) in [6.45, 7) is 3.73. The number of benzene rings is 3. The number of aromatic amines is 1. The van der Waals surface area contributed by atoms with Crippen molar-refractivity contribution >= 4 is 43.6 Å². The molecule has 43 heavy (non-hydrogen) atoms. The van der Waals surface area contributed by atoms with Crippen molar-refractivity contribution in [3.8, 4) is 16.8 Å². The van der Waals surface area contributed by atoms with Crippen LogP contribution in [0.1, 0.15) is 27.4 Å². The maximum Gasteiger partial charge on any atom is 0.268 e. The molecule has 0 bridgehead atoms. The number of anilines is 1. The summed E-state index contributed by atoms with van der Waals surface area (Å²) in [5.74, 6) is 0.256. The van der Waals surface area contributed by atoms with Crippen LogP contribution in [-0.2, 0) is 10.0 Å².